The highest BCUT2D eigenvalue weighted by molar-refractivity contribution is 6.31. The first-order chi connectivity index (χ1) is 8.68. The third-order valence-electron chi connectivity index (χ3n) is 4.07. The molecule has 0 spiro atoms. The molecule has 2 rings (SSSR count). The Balaban J connectivity index is 2.29. The van der Waals surface area contributed by atoms with Crippen LogP contribution in [-0.2, 0) is 5.41 Å². The first-order valence-corrected chi connectivity index (χ1v) is 7.14. The van der Waals surface area contributed by atoms with Crippen molar-refractivity contribution in [1.82, 2.24) is 5.32 Å². The van der Waals surface area contributed by atoms with Crippen molar-refractivity contribution in [3.8, 4) is 0 Å². The van der Waals surface area contributed by atoms with Gasteiger partial charge in [0.05, 0.1) is 0 Å². The number of halogens is 1. The van der Waals surface area contributed by atoms with Gasteiger partial charge in [0.1, 0.15) is 0 Å². The highest BCUT2D eigenvalue weighted by Gasteiger charge is 2.33. The largest absolute Gasteiger partial charge is 0.396 e. The van der Waals surface area contributed by atoms with Crippen LogP contribution in [0.25, 0.3) is 0 Å². The molecule has 2 N–H and O–H groups in total. The maximum Gasteiger partial charge on any atom is 0.0438 e. The van der Waals surface area contributed by atoms with Crippen LogP contribution in [0.1, 0.15) is 36.8 Å². The van der Waals surface area contributed by atoms with Crippen LogP contribution >= 0.6 is 11.6 Å². The highest BCUT2D eigenvalue weighted by Crippen LogP contribution is 2.37. The fourth-order valence-corrected chi connectivity index (χ4v) is 3.09. The standard InChI is InChI=1S/C15H22ClNO/c1-12-4-5-13(10-14(12)16)15(7-3-9-18)6-2-8-17-11-15/h4-5,10,17-18H,2-3,6-9,11H2,1H3. The molecule has 1 saturated heterocycles. The van der Waals surface area contributed by atoms with Gasteiger partial charge in [-0.2, -0.15) is 0 Å². The summed E-state index contributed by atoms with van der Waals surface area (Å²) in [5.74, 6) is 0. The molecule has 0 saturated carbocycles. The maximum absolute atomic E-state index is 9.11. The zero-order valence-corrected chi connectivity index (χ0v) is 11.8. The Bertz CT molecular complexity index is 399. The lowest BCUT2D eigenvalue weighted by molar-refractivity contribution is 0.234. The van der Waals surface area contributed by atoms with Gasteiger partial charge in [0, 0.05) is 23.6 Å². The van der Waals surface area contributed by atoms with Gasteiger partial charge in [-0.05, 0) is 56.3 Å². The number of aliphatic hydroxyl groups excluding tert-OH is 1. The van der Waals surface area contributed by atoms with E-state index in [9.17, 15) is 0 Å². The van der Waals surface area contributed by atoms with Gasteiger partial charge >= 0.3 is 0 Å². The fourth-order valence-electron chi connectivity index (χ4n) is 2.91. The van der Waals surface area contributed by atoms with Crippen molar-refractivity contribution in [2.75, 3.05) is 19.7 Å². The summed E-state index contributed by atoms with van der Waals surface area (Å²) >= 11 is 6.26. The molecule has 100 valence electrons. The quantitative estimate of drug-likeness (QED) is 0.879. The van der Waals surface area contributed by atoms with Crippen LogP contribution in [0.5, 0.6) is 0 Å². The van der Waals surface area contributed by atoms with Crippen molar-refractivity contribution in [3.05, 3.63) is 34.3 Å². The van der Waals surface area contributed by atoms with Crippen LogP contribution in [0.15, 0.2) is 18.2 Å². The maximum atomic E-state index is 9.11. The Morgan fingerprint density at radius 2 is 2.28 bits per heavy atom. The van der Waals surface area contributed by atoms with Crippen LogP contribution in [0.3, 0.4) is 0 Å². The predicted octanol–water partition coefficient (Wildman–Crippen LogP) is 3.04. The van der Waals surface area contributed by atoms with E-state index in [1.807, 2.05) is 6.92 Å². The summed E-state index contributed by atoms with van der Waals surface area (Å²) in [4.78, 5) is 0. The van der Waals surface area contributed by atoms with Gasteiger partial charge in [-0.3, -0.25) is 0 Å². The molecule has 18 heavy (non-hydrogen) atoms. The smallest absolute Gasteiger partial charge is 0.0438 e. The van der Waals surface area contributed by atoms with Crippen LogP contribution in [0, 0.1) is 6.92 Å². The summed E-state index contributed by atoms with van der Waals surface area (Å²) in [6, 6.07) is 6.42. The Labute approximate surface area is 114 Å². The minimum Gasteiger partial charge on any atom is -0.396 e. The van der Waals surface area contributed by atoms with Crippen molar-refractivity contribution in [1.29, 1.82) is 0 Å². The summed E-state index contributed by atoms with van der Waals surface area (Å²) in [6.45, 7) is 4.39. The van der Waals surface area contributed by atoms with E-state index in [1.54, 1.807) is 0 Å². The van der Waals surface area contributed by atoms with Gasteiger partial charge in [-0.25, -0.2) is 0 Å². The second-order valence-electron chi connectivity index (χ2n) is 5.35. The zero-order valence-electron chi connectivity index (χ0n) is 11.0. The number of benzene rings is 1. The van der Waals surface area contributed by atoms with Gasteiger partial charge in [-0.15, -0.1) is 0 Å². The Hall–Kier alpha value is -0.570. The van der Waals surface area contributed by atoms with Crippen molar-refractivity contribution < 1.29 is 5.11 Å². The SMILES string of the molecule is Cc1ccc(C2(CCCO)CCCNC2)cc1Cl. The lowest BCUT2D eigenvalue weighted by Crippen LogP contribution is -2.43. The third-order valence-corrected chi connectivity index (χ3v) is 4.48. The monoisotopic (exact) mass is 267 g/mol. The Morgan fingerprint density at radius 1 is 1.44 bits per heavy atom. The molecular formula is C15H22ClNO. The van der Waals surface area contributed by atoms with Crippen LogP contribution in [0.2, 0.25) is 5.02 Å². The van der Waals surface area contributed by atoms with E-state index in [0.29, 0.717) is 0 Å². The summed E-state index contributed by atoms with van der Waals surface area (Å²) in [5.41, 5.74) is 2.60. The molecule has 2 nitrogen and oxygen atoms in total. The number of aliphatic hydroxyl groups is 1. The minimum atomic E-state index is 0.151. The summed E-state index contributed by atoms with van der Waals surface area (Å²) in [7, 11) is 0. The van der Waals surface area contributed by atoms with Crippen LogP contribution < -0.4 is 5.32 Å². The average Bonchev–Trinajstić information content (AvgIpc) is 2.40. The van der Waals surface area contributed by atoms with E-state index in [1.165, 1.54) is 18.4 Å². The zero-order chi connectivity index (χ0) is 13.0. The van der Waals surface area contributed by atoms with Gasteiger partial charge in [0.2, 0.25) is 0 Å². The Kier molecular flexibility index (Phi) is 4.66. The predicted molar refractivity (Wildman–Crippen MR) is 76.3 cm³/mol. The van der Waals surface area contributed by atoms with Crippen molar-refractivity contribution in [2.45, 2.75) is 38.0 Å². The molecule has 1 fully saturated rings. The summed E-state index contributed by atoms with van der Waals surface area (Å²) in [6.07, 6.45) is 4.25. The van der Waals surface area contributed by atoms with E-state index in [4.69, 9.17) is 16.7 Å². The second kappa shape index (κ2) is 6.05. The van der Waals surface area contributed by atoms with E-state index in [-0.39, 0.29) is 12.0 Å². The molecule has 0 aromatic heterocycles. The molecule has 1 unspecified atom stereocenters. The molecular weight excluding hydrogens is 246 g/mol. The first kappa shape index (κ1) is 13.9. The molecule has 0 radical (unpaired) electrons. The molecule has 1 atom stereocenters. The molecule has 0 bridgehead atoms. The highest BCUT2D eigenvalue weighted by atomic mass is 35.5. The van der Waals surface area contributed by atoms with E-state index in [0.717, 1.165) is 36.5 Å². The average molecular weight is 268 g/mol. The number of hydrogen-bond acceptors (Lipinski definition) is 2. The molecule has 3 heteroatoms. The van der Waals surface area contributed by atoms with Crippen LogP contribution in [0.4, 0.5) is 0 Å². The number of hydrogen-bond donors (Lipinski definition) is 2. The second-order valence-corrected chi connectivity index (χ2v) is 5.76. The summed E-state index contributed by atoms with van der Waals surface area (Å²) < 4.78 is 0. The fraction of sp³-hybridized carbons (Fsp3) is 0.600. The topological polar surface area (TPSA) is 32.3 Å². The lowest BCUT2D eigenvalue weighted by Gasteiger charge is -2.38. The van der Waals surface area contributed by atoms with Gasteiger partial charge in [0.15, 0.2) is 0 Å². The number of aryl methyl sites for hydroxylation is 1. The Morgan fingerprint density at radius 3 is 2.89 bits per heavy atom. The molecule has 1 aromatic rings. The molecule has 0 aliphatic carbocycles. The van der Waals surface area contributed by atoms with Gasteiger partial charge < -0.3 is 10.4 Å². The van der Waals surface area contributed by atoms with Crippen molar-refractivity contribution in [3.63, 3.8) is 0 Å². The molecule has 0 amide bonds. The minimum absolute atomic E-state index is 0.151. The van der Waals surface area contributed by atoms with E-state index >= 15 is 0 Å². The summed E-state index contributed by atoms with van der Waals surface area (Å²) in [5, 5.41) is 13.5. The molecule has 1 aliphatic heterocycles. The van der Waals surface area contributed by atoms with E-state index < -0.39 is 0 Å². The van der Waals surface area contributed by atoms with Crippen LogP contribution in [-0.4, -0.2) is 24.8 Å². The number of piperidine rings is 1. The normalized spacial score (nSPS) is 24.2. The van der Waals surface area contributed by atoms with Gasteiger partial charge in [-0.1, -0.05) is 23.7 Å². The molecule has 1 aliphatic rings. The van der Waals surface area contributed by atoms with Crippen molar-refractivity contribution >= 4 is 11.6 Å². The number of rotatable bonds is 4. The molecule has 1 heterocycles. The van der Waals surface area contributed by atoms with E-state index in [2.05, 4.69) is 23.5 Å². The third kappa shape index (κ3) is 2.87. The van der Waals surface area contributed by atoms with Crippen molar-refractivity contribution in [2.24, 2.45) is 0 Å². The molecule has 1 aromatic carbocycles. The number of nitrogens with one attached hydrogen (secondary N) is 1. The lowest BCUT2D eigenvalue weighted by atomic mass is 9.71. The first-order valence-electron chi connectivity index (χ1n) is 6.76. The van der Waals surface area contributed by atoms with Gasteiger partial charge in [0.25, 0.3) is 0 Å².